The van der Waals surface area contributed by atoms with Crippen LogP contribution < -0.4 is 4.72 Å². The smallest absolute Gasteiger partial charge is 0.240 e. The molecule has 0 saturated carbocycles. The molecule has 21 heavy (non-hydrogen) atoms. The molecule has 0 aliphatic carbocycles. The summed E-state index contributed by atoms with van der Waals surface area (Å²) in [6, 6.07) is 6.67. The summed E-state index contributed by atoms with van der Waals surface area (Å²) in [5, 5.41) is 8.85. The molecule has 1 heterocycles. The van der Waals surface area contributed by atoms with E-state index in [2.05, 4.69) is 9.62 Å². The van der Waals surface area contributed by atoms with Gasteiger partial charge in [-0.05, 0) is 63.0 Å². The van der Waals surface area contributed by atoms with Crippen LogP contribution in [0.15, 0.2) is 29.2 Å². The van der Waals surface area contributed by atoms with Crippen LogP contribution in [0.1, 0.15) is 24.8 Å². The molecule has 0 atom stereocenters. The highest BCUT2D eigenvalue weighted by molar-refractivity contribution is 7.89. The third-order valence-electron chi connectivity index (χ3n) is 3.78. The second-order valence-electron chi connectivity index (χ2n) is 5.42. The van der Waals surface area contributed by atoms with E-state index in [1.165, 1.54) is 12.8 Å². The number of nitrogens with one attached hydrogen (secondary N) is 1. The van der Waals surface area contributed by atoms with Crippen LogP contribution in [0, 0.1) is 0 Å². The minimum absolute atomic E-state index is 0.0703. The second kappa shape index (κ2) is 7.89. The van der Waals surface area contributed by atoms with Crippen molar-refractivity contribution in [1.29, 1.82) is 0 Å². The predicted octanol–water partition coefficient (Wildman–Crippen LogP) is 0.986. The molecule has 1 fully saturated rings. The van der Waals surface area contributed by atoms with Gasteiger partial charge in [-0.2, -0.15) is 0 Å². The molecule has 1 aromatic carbocycles. The van der Waals surface area contributed by atoms with Crippen molar-refractivity contribution in [3.05, 3.63) is 29.8 Å². The Balaban J connectivity index is 1.80. The molecule has 5 nitrogen and oxygen atoms in total. The Morgan fingerprint density at radius 1 is 1.14 bits per heavy atom. The number of hydrogen-bond acceptors (Lipinski definition) is 4. The SMILES string of the molecule is O=S(=O)(NCCCN1CCCC1)c1ccc(CCO)cc1. The Morgan fingerprint density at radius 3 is 2.43 bits per heavy atom. The molecule has 1 aliphatic heterocycles. The number of aliphatic hydroxyl groups excluding tert-OH is 1. The van der Waals surface area contributed by atoms with Gasteiger partial charge in [-0.15, -0.1) is 0 Å². The van der Waals surface area contributed by atoms with Crippen LogP contribution in [-0.2, 0) is 16.4 Å². The maximum Gasteiger partial charge on any atom is 0.240 e. The summed E-state index contributed by atoms with van der Waals surface area (Å²) in [7, 11) is -3.42. The maximum atomic E-state index is 12.1. The Hall–Kier alpha value is -0.950. The summed E-state index contributed by atoms with van der Waals surface area (Å²) in [6.45, 7) is 3.77. The molecule has 1 aromatic rings. The Labute approximate surface area is 127 Å². The lowest BCUT2D eigenvalue weighted by atomic mass is 10.2. The molecular weight excluding hydrogens is 288 g/mol. The average Bonchev–Trinajstić information content (AvgIpc) is 2.98. The van der Waals surface area contributed by atoms with Crippen LogP contribution in [0.5, 0.6) is 0 Å². The third-order valence-corrected chi connectivity index (χ3v) is 5.25. The lowest BCUT2D eigenvalue weighted by Crippen LogP contribution is -2.28. The van der Waals surface area contributed by atoms with Crippen molar-refractivity contribution in [3.63, 3.8) is 0 Å². The largest absolute Gasteiger partial charge is 0.396 e. The molecule has 1 saturated heterocycles. The van der Waals surface area contributed by atoms with Crippen molar-refractivity contribution in [2.45, 2.75) is 30.6 Å². The fourth-order valence-corrected chi connectivity index (χ4v) is 3.64. The normalized spacial score (nSPS) is 16.4. The van der Waals surface area contributed by atoms with Crippen LogP contribution in [-0.4, -0.2) is 51.2 Å². The summed E-state index contributed by atoms with van der Waals surface area (Å²) in [5.41, 5.74) is 0.936. The second-order valence-corrected chi connectivity index (χ2v) is 7.18. The monoisotopic (exact) mass is 312 g/mol. The van der Waals surface area contributed by atoms with Gasteiger partial charge in [0.15, 0.2) is 0 Å². The molecule has 118 valence electrons. The summed E-state index contributed by atoms with van der Waals surface area (Å²) >= 11 is 0. The number of rotatable bonds is 8. The molecule has 0 aromatic heterocycles. The number of aliphatic hydroxyl groups is 1. The minimum Gasteiger partial charge on any atom is -0.396 e. The maximum absolute atomic E-state index is 12.1. The molecule has 2 rings (SSSR count). The molecule has 0 radical (unpaired) electrons. The van der Waals surface area contributed by atoms with Crippen LogP contribution in [0.3, 0.4) is 0 Å². The Kier molecular flexibility index (Phi) is 6.17. The van der Waals surface area contributed by atoms with Crippen molar-refractivity contribution in [2.24, 2.45) is 0 Å². The van der Waals surface area contributed by atoms with Gasteiger partial charge in [0, 0.05) is 13.2 Å². The molecule has 2 N–H and O–H groups in total. The van der Waals surface area contributed by atoms with E-state index in [0.717, 1.165) is 31.6 Å². The number of likely N-dealkylation sites (tertiary alicyclic amines) is 1. The third kappa shape index (κ3) is 5.07. The average molecular weight is 312 g/mol. The molecule has 0 amide bonds. The van der Waals surface area contributed by atoms with Gasteiger partial charge in [-0.25, -0.2) is 13.1 Å². The lowest BCUT2D eigenvalue weighted by Gasteiger charge is -2.14. The van der Waals surface area contributed by atoms with Gasteiger partial charge in [0.2, 0.25) is 10.0 Å². The topological polar surface area (TPSA) is 69.6 Å². The van der Waals surface area contributed by atoms with Gasteiger partial charge < -0.3 is 10.0 Å². The van der Waals surface area contributed by atoms with Crippen LogP contribution in [0.4, 0.5) is 0 Å². The fourth-order valence-electron chi connectivity index (χ4n) is 2.56. The number of sulfonamides is 1. The van der Waals surface area contributed by atoms with Gasteiger partial charge in [-0.1, -0.05) is 12.1 Å². The van der Waals surface area contributed by atoms with E-state index in [1.54, 1.807) is 24.3 Å². The first kappa shape index (κ1) is 16.4. The molecule has 1 aliphatic rings. The predicted molar refractivity (Wildman–Crippen MR) is 82.7 cm³/mol. The van der Waals surface area contributed by atoms with Crippen molar-refractivity contribution in [2.75, 3.05) is 32.8 Å². The van der Waals surface area contributed by atoms with E-state index in [-0.39, 0.29) is 11.5 Å². The van der Waals surface area contributed by atoms with Crippen LogP contribution in [0.25, 0.3) is 0 Å². The van der Waals surface area contributed by atoms with Gasteiger partial charge in [-0.3, -0.25) is 0 Å². The van der Waals surface area contributed by atoms with Gasteiger partial charge in [0.25, 0.3) is 0 Å². The number of nitrogens with zero attached hydrogens (tertiary/aromatic N) is 1. The zero-order valence-electron chi connectivity index (χ0n) is 12.3. The Morgan fingerprint density at radius 2 is 1.81 bits per heavy atom. The first-order valence-corrected chi connectivity index (χ1v) is 9.02. The minimum atomic E-state index is -3.42. The van der Waals surface area contributed by atoms with Crippen molar-refractivity contribution in [3.8, 4) is 0 Å². The number of benzene rings is 1. The molecule has 6 heteroatoms. The van der Waals surface area contributed by atoms with E-state index >= 15 is 0 Å². The number of hydrogen-bond donors (Lipinski definition) is 2. The zero-order chi connectivity index (χ0) is 15.1. The van der Waals surface area contributed by atoms with E-state index in [9.17, 15) is 8.42 Å². The summed E-state index contributed by atoms with van der Waals surface area (Å²) < 4.78 is 26.9. The molecular formula is C15H24N2O3S. The summed E-state index contributed by atoms with van der Waals surface area (Å²) in [5.74, 6) is 0. The van der Waals surface area contributed by atoms with Gasteiger partial charge >= 0.3 is 0 Å². The highest BCUT2D eigenvalue weighted by Crippen LogP contribution is 2.11. The molecule has 0 bridgehead atoms. The first-order chi connectivity index (χ1) is 10.1. The Bertz CT molecular complexity index is 522. The van der Waals surface area contributed by atoms with E-state index in [0.29, 0.717) is 13.0 Å². The van der Waals surface area contributed by atoms with Crippen LogP contribution in [0.2, 0.25) is 0 Å². The highest BCUT2D eigenvalue weighted by Gasteiger charge is 2.14. The van der Waals surface area contributed by atoms with Gasteiger partial charge in [0.05, 0.1) is 4.90 Å². The zero-order valence-corrected chi connectivity index (χ0v) is 13.1. The molecule has 0 spiro atoms. The quantitative estimate of drug-likeness (QED) is 0.702. The molecule has 0 unspecified atom stereocenters. The summed E-state index contributed by atoms with van der Waals surface area (Å²) in [4.78, 5) is 2.66. The fraction of sp³-hybridized carbons (Fsp3) is 0.600. The first-order valence-electron chi connectivity index (χ1n) is 7.53. The van der Waals surface area contributed by atoms with Crippen molar-refractivity contribution >= 4 is 10.0 Å². The van der Waals surface area contributed by atoms with Crippen molar-refractivity contribution in [1.82, 2.24) is 9.62 Å². The van der Waals surface area contributed by atoms with E-state index in [4.69, 9.17) is 5.11 Å². The standard InChI is InChI=1S/C15H24N2O3S/c18-13-8-14-4-6-15(7-5-14)21(19,20)16-9-3-12-17-10-1-2-11-17/h4-7,16,18H,1-3,8-13H2. The van der Waals surface area contributed by atoms with Crippen LogP contribution >= 0.6 is 0 Å². The lowest BCUT2D eigenvalue weighted by molar-refractivity contribution is 0.299. The van der Waals surface area contributed by atoms with E-state index in [1.807, 2.05) is 0 Å². The van der Waals surface area contributed by atoms with E-state index < -0.39 is 10.0 Å². The van der Waals surface area contributed by atoms with Gasteiger partial charge in [0.1, 0.15) is 0 Å². The summed E-state index contributed by atoms with van der Waals surface area (Å²) in [6.07, 6.45) is 3.89. The highest BCUT2D eigenvalue weighted by atomic mass is 32.2. The van der Waals surface area contributed by atoms with Crippen molar-refractivity contribution < 1.29 is 13.5 Å².